The molecule has 0 saturated carbocycles. The minimum absolute atomic E-state index is 0. The van der Waals surface area contributed by atoms with E-state index in [2.05, 4.69) is 6.92 Å². The van der Waals surface area contributed by atoms with Gasteiger partial charge in [0, 0.05) is 20.0 Å². The third kappa shape index (κ3) is 15.8. The number of carbonyl (C=O) groups is 1. The van der Waals surface area contributed by atoms with Crippen molar-refractivity contribution in [2.24, 2.45) is 0 Å². The first kappa shape index (κ1) is 23.7. The van der Waals surface area contributed by atoms with E-state index in [9.17, 15) is 4.79 Å². The van der Waals surface area contributed by atoms with Crippen molar-refractivity contribution < 1.29 is 10.3 Å². The van der Waals surface area contributed by atoms with Gasteiger partial charge >= 0.3 is 0 Å². The topological polar surface area (TPSA) is 51.8 Å². The second kappa shape index (κ2) is 18.5. The summed E-state index contributed by atoms with van der Waals surface area (Å²) in [6.07, 6.45) is 18.4. The largest absolute Gasteiger partial charge is 0.412 e. The number of unbranched alkanes of at least 4 members (excludes halogenated alkanes) is 12. The van der Waals surface area contributed by atoms with Crippen LogP contribution in [0.3, 0.4) is 0 Å². The first-order chi connectivity index (χ1) is 10.2. The number of rotatable bonds is 15. The Labute approximate surface area is 139 Å². The summed E-state index contributed by atoms with van der Waals surface area (Å²) < 4.78 is 0. The smallest absolute Gasteiger partial charge is 0.222 e. The fraction of sp³-hybridized carbons (Fsp3) is 0.947. The van der Waals surface area contributed by atoms with Gasteiger partial charge in [-0.15, -0.1) is 0 Å². The maximum atomic E-state index is 11.6. The zero-order valence-electron chi connectivity index (χ0n) is 15.5. The summed E-state index contributed by atoms with van der Waals surface area (Å²) in [5.41, 5.74) is 0. The first-order valence-corrected chi connectivity index (χ1v) is 9.46. The molecule has 3 heteroatoms. The van der Waals surface area contributed by atoms with Crippen LogP contribution in [0.5, 0.6) is 0 Å². The molecule has 22 heavy (non-hydrogen) atoms. The van der Waals surface area contributed by atoms with Crippen LogP contribution in [0, 0.1) is 0 Å². The maximum absolute atomic E-state index is 11.6. The van der Waals surface area contributed by atoms with E-state index in [0.29, 0.717) is 5.91 Å². The summed E-state index contributed by atoms with van der Waals surface area (Å²) in [6.45, 7) is 5.14. The summed E-state index contributed by atoms with van der Waals surface area (Å²) in [5.74, 6) is 0.306. The highest BCUT2D eigenvalue weighted by atomic mass is 16.2. The molecule has 0 aliphatic heterocycles. The van der Waals surface area contributed by atoms with E-state index >= 15 is 0 Å². The lowest BCUT2D eigenvalue weighted by Crippen LogP contribution is -2.25. The van der Waals surface area contributed by atoms with Crippen molar-refractivity contribution in [3.8, 4) is 0 Å². The van der Waals surface area contributed by atoms with Crippen molar-refractivity contribution in [3.05, 3.63) is 0 Å². The average Bonchev–Trinajstić information content (AvgIpc) is 2.50. The van der Waals surface area contributed by atoms with Crippen LogP contribution in [0.25, 0.3) is 0 Å². The molecule has 1 amide bonds. The lowest BCUT2D eigenvalue weighted by Gasteiger charge is -2.13. The highest BCUT2D eigenvalue weighted by molar-refractivity contribution is 5.75. The van der Waals surface area contributed by atoms with Crippen molar-refractivity contribution >= 4 is 5.91 Å². The lowest BCUT2D eigenvalue weighted by molar-refractivity contribution is -0.129. The Bertz CT molecular complexity index is 231. The van der Waals surface area contributed by atoms with Gasteiger partial charge in [0.05, 0.1) is 0 Å². The molecule has 0 aromatic heterocycles. The summed E-state index contributed by atoms with van der Waals surface area (Å²) in [4.78, 5) is 13.4. The molecule has 2 N–H and O–H groups in total. The predicted octanol–water partition coefficient (Wildman–Crippen LogP) is 5.12. The zero-order valence-corrected chi connectivity index (χ0v) is 15.5. The molecule has 0 radical (unpaired) electrons. The summed E-state index contributed by atoms with van der Waals surface area (Å²) >= 11 is 0. The number of carbonyl (C=O) groups excluding carboxylic acids is 1. The van der Waals surface area contributed by atoms with Crippen LogP contribution >= 0.6 is 0 Å². The summed E-state index contributed by atoms with van der Waals surface area (Å²) in [5, 5.41) is 0. The SMILES string of the molecule is CCCCCCCCCCCCCCCC(=O)N(C)CC.O. The molecule has 0 atom stereocenters. The Hall–Kier alpha value is -0.570. The van der Waals surface area contributed by atoms with Crippen molar-refractivity contribution in [2.75, 3.05) is 13.6 Å². The maximum Gasteiger partial charge on any atom is 0.222 e. The van der Waals surface area contributed by atoms with Gasteiger partial charge in [-0.05, 0) is 13.3 Å². The van der Waals surface area contributed by atoms with Crippen LogP contribution in [-0.4, -0.2) is 29.9 Å². The third-order valence-corrected chi connectivity index (χ3v) is 4.39. The van der Waals surface area contributed by atoms with Gasteiger partial charge in [0.2, 0.25) is 5.91 Å². The second-order valence-electron chi connectivity index (χ2n) is 6.40. The molecule has 0 fully saturated rings. The highest BCUT2D eigenvalue weighted by Crippen LogP contribution is 2.13. The monoisotopic (exact) mass is 315 g/mol. The Morgan fingerprint density at radius 3 is 1.41 bits per heavy atom. The average molecular weight is 316 g/mol. The van der Waals surface area contributed by atoms with Crippen LogP contribution in [0.15, 0.2) is 0 Å². The normalized spacial score (nSPS) is 10.3. The van der Waals surface area contributed by atoms with E-state index in [1.807, 2.05) is 18.9 Å². The van der Waals surface area contributed by atoms with Gasteiger partial charge in [0.1, 0.15) is 0 Å². The second-order valence-corrected chi connectivity index (χ2v) is 6.40. The molecule has 0 aromatic rings. The molecule has 0 rings (SSSR count). The molecule has 0 heterocycles. The quantitative estimate of drug-likeness (QED) is 0.387. The lowest BCUT2D eigenvalue weighted by atomic mass is 10.0. The third-order valence-electron chi connectivity index (χ3n) is 4.39. The van der Waals surface area contributed by atoms with E-state index in [-0.39, 0.29) is 5.48 Å². The fourth-order valence-electron chi connectivity index (χ4n) is 2.66. The van der Waals surface area contributed by atoms with Gasteiger partial charge in [0.15, 0.2) is 0 Å². The van der Waals surface area contributed by atoms with Crippen molar-refractivity contribution in [3.63, 3.8) is 0 Å². The Morgan fingerprint density at radius 2 is 1.05 bits per heavy atom. The molecule has 0 unspecified atom stereocenters. The molecule has 3 nitrogen and oxygen atoms in total. The summed E-state index contributed by atoms with van der Waals surface area (Å²) in [7, 11) is 1.89. The van der Waals surface area contributed by atoms with Crippen molar-refractivity contribution in [2.45, 2.75) is 104 Å². The minimum atomic E-state index is 0. The molecule has 134 valence electrons. The number of nitrogens with zero attached hydrogens (tertiary/aromatic N) is 1. The zero-order chi connectivity index (χ0) is 15.8. The van der Waals surface area contributed by atoms with Gasteiger partial charge in [-0.2, -0.15) is 0 Å². The fourth-order valence-corrected chi connectivity index (χ4v) is 2.66. The molecule has 0 bridgehead atoms. The minimum Gasteiger partial charge on any atom is -0.412 e. The molecular weight excluding hydrogens is 274 g/mol. The van der Waals surface area contributed by atoms with E-state index in [1.165, 1.54) is 77.0 Å². The first-order valence-electron chi connectivity index (χ1n) is 9.46. The molecule has 0 saturated heterocycles. The van der Waals surface area contributed by atoms with E-state index in [1.54, 1.807) is 0 Å². The van der Waals surface area contributed by atoms with Gasteiger partial charge in [-0.25, -0.2) is 0 Å². The van der Waals surface area contributed by atoms with Crippen LogP contribution in [0.2, 0.25) is 0 Å². The van der Waals surface area contributed by atoms with Crippen molar-refractivity contribution in [1.82, 2.24) is 4.90 Å². The van der Waals surface area contributed by atoms with Gasteiger partial charge < -0.3 is 10.4 Å². The number of amides is 1. The van der Waals surface area contributed by atoms with Crippen LogP contribution in [0.1, 0.15) is 104 Å². The molecule has 0 spiro atoms. The summed E-state index contributed by atoms with van der Waals surface area (Å²) in [6, 6.07) is 0. The van der Waals surface area contributed by atoms with E-state index < -0.39 is 0 Å². The highest BCUT2D eigenvalue weighted by Gasteiger charge is 2.04. The van der Waals surface area contributed by atoms with E-state index in [0.717, 1.165) is 19.4 Å². The number of hydrogen-bond donors (Lipinski definition) is 0. The Morgan fingerprint density at radius 1 is 0.682 bits per heavy atom. The molecule has 0 aliphatic carbocycles. The molecule has 0 aromatic carbocycles. The Kier molecular flexibility index (Phi) is 19.9. The standard InChI is InChI=1S/C19H39NO.H2O/c1-4-6-7-8-9-10-11-12-13-14-15-16-17-18-19(21)20(3)5-2;/h4-18H2,1-3H3;1H2. The van der Waals surface area contributed by atoms with Gasteiger partial charge in [0.25, 0.3) is 0 Å². The molecule has 0 aliphatic rings. The van der Waals surface area contributed by atoms with Crippen molar-refractivity contribution in [1.29, 1.82) is 0 Å². The van der Waals surface area contributed by atoms with E-state index in [4.69, 9.17) is 0 Å². The van der Waals surface area contributed by atoms with Crippen LogP contribution < -0.4 is 0 Å². The van der Waals surface area contributed by atoms with Gasteiger partial charge in [-0.1, -0.05) is 84.0 Å². The molecular formula is C19H41NO2. The number of hydrogen-bond acceptors (Lipinski definition) is 1. The van der Waals surface area contributed by atoms with Crippen LogP contribution in [0.4, 0.5) is 0 Å². The Balaban J connectivity index is 0. The predicted molar refractivity (Wildman–Crippen MR) is 97.2 cm³/mol. The van der Waals surface area contributed by atoms with Crippen LogP contribution in [-0.2, 0) is 4.79 Å². The van der Waals surface area contributed by atoms with Gasteiger partial charge in [-0.3, -0.25) is 4.79 Å².